The Morgan fingerprint density at radius 1 is 1.13 bits per heavy atom. The highest BCUT2D eigenvalue weighted by Crippen LogP contribution is 2.58. The second kappa shape index (κ2) is 3.19. The first kappa shape index (κ1) is 10.1. The second-order valence-corrected chi connectivity index (χ2v) is 5.46. The summed E-state index contributed by atoms with van der Waals surface area (Å²) in [5, 5.41) is 10.2. The fourth-order valence-corrected chi connectivity index (χ4v) is 3.95. The van der Waals surface area contributed by atoms with E-state index in [1.165, 1.54) is 12.8 Å². The molecule has 2 bridgehead atoms. The van der Waals surface area contributed by atoms with Crippen LogP contribution < -0.4 is 0 Å². The van der Waals surface area contributed by atoms with Crippen LogP contribution in [0, 0.1) is 11.3 Å². The van der Waals surface area contributed by atoms with E-state index >= 15 is 0 Å². The molecule has 1 heterocycles. The molecule has 1 saturated heterocycles. The van der Waals surface area contributed by atoms with E-state index in [1.54, 1.807) is 0 Å². The average Bonchev–Trinajstić information content (AvgIpc) is 2.68. The summed E-state index contributed by atoms with van der Waals surface area (Å²) in [6.07, 6.45) is 5.14. The minimum atomic E-state index is -0.455. The number of aliphatic hydroxyl groups is 1. The van der Waals surface area contributed by atoms with E-state index in [0.717, 1.165) is 19.3 Å². The van der Waals surface area contributed by atoms with Crippen molar-refractivity contribution in [2.75, 3.05) is 13.2 Å². The number of rotatable bonds is 0. The van der Waals surface area contributed by atoms with Gasteiger partial charge in [-0.2, -0.15) is 0 Å². The van der Waals surface area contributed by atoms with E-state index in [2.05, 4.69) is 6.92 Å². The van der Waals surface area contributed by atoms with E-state index < -0.39 is 5.79 Å². The molecule has 1 unspecified atom stereocenters. The minimum absolute atomic E-state index is 0.176. The zero-order chi connectivity index (χ0) is 10.5. The van der Waals surface area contributed by atoms with Crippen molar-refractivity contribution < 1.29 is 14.6 Å². The Morgan fingerprint density at radius 3 is 2.60 bits per heavy atom. The van der Waals surface area contributed by atoms with Gasteiger partial charge in [-0.15, -0.1) is 0 Å². The minimum Gasteiger partial charge on any atom is -0.392 e. The summed E-state index contributed by atoms with van der Waals surface area (Å²) in [5.41, 5.74) is -0.176. The van der Waals surface area contributed by atoms with Crippen LogP contribution in [0.25, 0.3) is 0 Å². The maximum Gasteiger partial charge on any atom is 0.179 e. The number of hydrogen-bond donors (Lipinski definition) is 1. The van der Waals surface area contributed by atoms with Crippen LogP contribution in [0.1, 0.15) is 39.0 Å². The predicted octanol–water partition coefficient (Wildman–Crippen LogP) is 1.69. The van der Waals surface area contributed by atoms with Gasteiger partial charge in [0.2, 0.25) is 0 Å². The molecule has 0 amide bonds. The standard InChI is InChI=1S/C12H20O3/c1-11-6-2-3-9(4-5-10(11)13)12(11)14-7-8-15-12/h9-10,13H,2-8H2,1H3/t9-,10?,11+/m1/s1. The molecule has 3 rings (SSSR count). The van der Waals surface area contributed by atoms with Crippen LogP contribution in [-0.2, 0) is 9.47 Å². The third-order valence-electron chi connectivity index (χ3n) is 4.82. The fraction of sp³-hybridized carbons (Fsp3) is 1.00. The van der Waals surface area contributed by atoms with E-state index in [4.69, 9.17) is 9.47 Å². The van der Waals surface area contributed by atoms with Crippen LogP contribution in [-0.4, -0.2) is 30.2 Å². The smallest absolute Gasteiger partial charge is 0.179 e. The lowest BCUT2D eigenvalue weighted by molar-refractivity contribution is -0.321. The predicted molar refractivity (Wildman–Crippen MR) is 55.3 cm³/mol. The quantitative estimate of drug-likeness (QED) is 0.664. The molecule has 3 heteroatoms. The van der Waals surface area contributed by atoms with Crippen LogP contribution in [0.5, 0.6) is 0 Å². The maximum atomic E-state index is 10.2. The number of ether oxygens (including phenoxy) is 2. The summed E-state index contributed by atoms with van der Waals surface area (Å²) in [6.45, 7) is 3.53. The van der Waals surface area contributed by atoms with Crippen LogP contribution in [0.3, 0.4) is 0 Å². The number of aliphatic hydroxyl groups excluding tert-OH is 1. The van der Waals surface area contributed by atoms with E-state index in [9.17, 15) is 5.11 Å². The zero-order valence-corrected chi connectivity index (χ0v) is 9.37. The molecule has 3 aliphatic rings. The molecule has 86 valence electrons. The summed E-state index contributed by atoms with van der Waals surface area (Å²) in [7, 11) is 0. The van der Waals surface area contributed by atoms with Gasteiger partial charge in [0, 0.05) is 11.3 Å². The molecule has 0 aromatic carbocycles. The van der Waals surface area contributed by atoms with Crippen molar-refractivity contribution in [1.29, 1.82) is 0 Å². The molecule has 1 spiro atoms. The first-order valence-electron chi connectivity index (χ1n) is 6.15. The Bertz CT molecular complexity index is 260. The molecule has 1 aliphatic heterocycles. The van der Waals surface area contributed by atoms with Crippen molar-refractivity contribution in [3.05, 3.63) is 0 Å². The largest absolute Gasteiger partial charge is 0.392 e. The number of hydrogen-bond acceptors (Lipinski definition) is 3. The normalized spacial score (nSPS) is 48.4. The van der Waals surface area contributed by atoms with Crippen LogP contribution in [0.4, 0.5) is 0 Å². The van der Waals surface area contributed by atoms with Crippen LogP contribution in [0.15, 0.2) is 0 Å². The Balaban J connectivity index is 2.02. The molecular weight excluding hydrogens is 192 g/mol. The molecular formula is C12H20O3. The van der Waals surface area contributed by atoms with Crippen molar-refractivity contribution >= 4 is 0 Å². The summed E-state index contributed by atoms with van der Waals surface area (Å²) >= 11 is 0. The Hall–Kier alpha value is -0.120. The molecule has 0 radical (unpaired) electrons. The van der Waals surface area contributed by atoms with Gasteiger partial charge in [0.15, 0.2) is 5.79 Å². The van der Waals surface area contributed by atoms with Gasteiger partial charge in [0.25, 0.3) is 0 Å². The first-order valence-corrected chi connectivity index (χ1v) is 6.15. The van der Waals surface area contributed by atoms with Gasteiger partial charge in [0.1, 0.15) is 0 Å². The summed E-state index contributed by atoms with van der Waals surface area (Å²) in [6, 6.07) is 0. The molecule has 3 nitrogen and oxygen atoms in total. The fourth-order valence-electron chi connectivity index (χ4n) is 3.95. The average molecular weight is 212 g/mol. The van der Waals surface area contributed by atoms with Gasteiger partial charge in [-0.3, -0.25) is 0 Å². The lowest BCUT2D eigenvalue weighted by Crippen LogP contribution is -2.63. The summed E-state index contributed by atoms with van der Waals surface area (Å²) < 4.78 is 11.9. The van der Waals surface area contributed by atoms with Gasteiger partial charge in [0.05, 0.1) is 19.3 Å². The Labute approximate surface area is 90.8 Å². The summed E-state index contributed by atoms with van der Waals surface area (Å²) in [5.74, 6) is 0.0466. The Kier molecular flexibility index (Phi) is 2.14. The molecule has 3 atom stereocenters. The van der Waals surface area contributed by atoms with Gasteiger partial charge >= 0.3 is 0 Å². The van der Waals surface area contributed by atoms with E-state index in [-0.39, 0.29) is 11.5 Å². The van der Waals surface area contributed by atoms with Crippen molar-refractivity contribution in [3.8, 4) is 0 Å². The molecule has 2 saturated carbocycles. The van der Waals surface area contributed by atoms with E-state index in [0.29, 0.717) is 19.1 Å². The Morgan fingerprint density at radius 2 is 1.87 bits per heavy atom. The van der Waals surface area contributed by atoms with Gasteiger partial charge in [-0.1, -0.05) is 13.3 Å². The third-order valence-corrected chi connectivity index (χ3v) is 4.82. The van der Waals surface area contributed by atoms with Crippen molar-refractivity contribution in [2.24, 2.45) is 11.3 Å². The van der Waals surface area contributed by atoms with Crippen molar-refractivity contribution in [3.63, 3.8) is 0 Å². The topological polar surface area (TPSA) is 38.7 Å². The molecule has 1 N–H and O–H groups in total. The molecule has 2 aliphatic carbocycles. The first-order chi connectivity index (χ1) is 7.19. The maximum absolute atomic E-state index is 10.2. The second-order valence-electron chi connectivity index (χ2n) is 5.46. The lowest BCUT2D eigenvalue weighted by atomic mass is 9.57. The monoisotopic (exact) mass is 212 g/mol. The summed E-state index contributed by atoms with van der Waals surface area (Å²) in [4.78, 5) is 0. The third kappa shape index (κ3) is 1.12. The highest BCUT2D eigenvalue weighted by Gasteiger charge is 2.64. The SMILES string of the molecule is C[C@]12CCC[C@H](CCC1O)C21OCCO1. The zero-order valence-electron chi connectivity index (χ0n) is 9.37. The van der Waals surface area contributed by atoms with Gasteiger partial charge in [-0.05, 0) is 25.7 Å². The highest BCUT2D eigenvalue weighted by molar-refractivity contribution is 5.07. The van der Waals surface area contributed by atoms with Gasteiger partial charge in [-0.25, -0.2) is 0 Å². The molecule has 15 heavy (non-hydrogen) atoms. The van der Waals surface area contributed by atoms with Gasteiger partial charge < -0.3 is 14.6 Å². The van der Waals surface area contributed by atoms with Crippen molar-refractivity contribution in [2.45, 2.75) is 50.9 Å². The molecule has 0 aromatic heterocycles. The molecule has 3 fully saturated rings. The van der Waals surface area contributed by atoms with Crippen LogP contribution in [0.2, 0.25) is 0 Å². The molecule has 0 aromatic rings. The van der Waals surface area contributed by atoms with Crippen LogP contribution >= 0.6 is 0 Å². The van der Waals surface area contributed by atoms with E-state index in [1.807, 2.05) is 0 Å². The van der Waals surface area contributed by atoms with Crippen molar-refractivity contribution in [1.82, 2.24) is 0 Å². The lowest BCUT2D eigenvalue weighted by Gasteiger charge is -2.57. The highest BCUT2D eigenvalue weighted by atomic mass is 16.7.